The molecule has 1 saturated heterocycles. The number of nitro benzene ring substituents is 1. The quantitative estimate of drug-likeness (QED) is 0.664. The largest absolute Gasteiger partial charge is 0.327 e. The fourth-order valence-corrected chi connectivity index (χ4v) is 4.09. The molecule has 1 heterocycles. The van der Waals surface area contributed by atoms with Gasteiger partial charge in [-0.25, -0.2) is 8.42 Å². The van der Waals surface area contributed by atoms with E-state index in [1.54, 1.807) is 6.92 Å². The normalized spacial score (nSPS) is 19.8. The molecule has 21 heavy (non-hydrogen) atoms. The van der Waals surface area contributed by atoms with Crippen LogP contribution in [0.4, 0.5) is 5.69 Å². The molecule has 7 nitrogen and oxygen atoms in total. The van der Waals surface area contributed by atoms with Gasteiger partial charge in [0.25, 0.3) is 5.69 Å². The number of aryl methyl sites for hydroxylation is 1. The lowest BCUT2D eigenvalue weighted by Crippen LogP contribution is -2.45. The van der Waals surface area contributed by atoms with Crippen molar-refractivity contribution >= 4 is 28.1 Å². The van der Waals surface area contributed by atoms with Crippen LogP contribution in [0.3, 0.4) is 0 Å². The Morgan fingerprint density at radius 3 is 2.67 bits per heavy atom. The van der Waals surface area contributed by atoms with Gasteiger partial charge in [0.05, 0.1) is 9.82 Å². The van der Waals surface area contributed by atoms with Crippen LogP contribution in [0.5, 0.6) is 0 Å². The summed E-state index contributed by atoms with van der Waals surface area (Å²) in [5, 5.41) is 10.8. The van der Waals surface area contributed by atoms with Crippen molar-refractivity contribution in [2.24, 2.45) is 5.73 Å². The van der Waals surface area contributed by atoms with Crippen molar-refractivity contribution in [3.8, 4) is 0 Å². The van der Waals surface area contributed by atoms with Gasteiger partial charge in [-0.3, -0.25) is 10.1 Å². The van der Waals surface area contributed by atoms with Gasteiger partial charge in [-0.05, 0) is 25.3 Å². The van der Waals surface area contributed by atoms with E-state index in [2.05, 4.69) is 0 Å². The van der Waals surface area contributed by atoms with Gasteiger partial charge >= 0.3 is 0 Å². The third-order valence-corrected chi connectivity index (χ3v) is 5.43. The molecule has 0 amide bonds. The Balaban J connectivity index is 0.00000220. The maximum atomic E-state index is 12.6. The average molecular weight is 336 g/mol. The number of sulfonamides is 1. The zero-order valence-electron chi connectivity index (χ0n) is 11.6. The summed E-state index contributed by atoms with van der Waals surface area (Å²) in [6.45, 7) is 2.28. The van der Waals surface area contributed by atoms with Crippen LogP contribution in [0, 0.1) is 17.0 Å². The number of hydrogen-bond donors (Lipinski definition) is 1. The average Bonchev–Trinajstić information content (AvgIpc) is 2.38. The highest BCUT2D eigenvalue weighted by Crippen LogP contribution is 2.26. The molecule has 1 aromatic rings. The SMILES string of the molecule is Cc1ccc([N+](=O)[O-])cc1S(=O)(=O)N1CCC[C@@H](N)C1.Cl. The first-order chi connectivity index (χ1) is 9.32. The highest BCUT2D eigenvalue weighted by atomic mass is 35.5. The third-order valence-electron chi connectivity index (χ3n) is 3.42. The van der Waals surface area contributed by atoms with Crippen molar-refractivity contribution in [1.29, 1.82) is 0 Å². The molecular formula is C12H18ClN3O4S. The maximum absolute atomic E-state index is 12.6. The Morgan fingerprint density at radius 1 is 1.43 bits per heavy atom. The van der Waals surface area contributed by atoms with E-state index in [0.29, 0.717) is 18.5 Å². The van der Waals surface area contributed by atoms with E-state index in [4.69, 9.17) is 5.73 Å². The number of non-ortho nitro benzene ring substituents is 1. The lowest BCUT2D eigenvalue weighted by atomic mass is 10.1. The molecule has 0 saturated carbocycles. The molecule has 0 spiro atoms. The summed E-state index contributed by atoms with van der Waals surface area (Å²) in [5.74, 6) is 0. The number of hydrogen-bond acceptors (Lipinski definition) is 5. The van der Waals surface area contributed by atoms with Gasteiger partial charge < -0.3 is 5.73 Å². The number of nitrogens with two attached hydrogens (primary N) is 1. The zero-order valence-corrected chi connectivity index (χ0v) is 13.2. The number of nitro groups is 1. The Labute approximate surface area is 129 Å². The minimum atomic E-state index is -3.73. The minimum Gasteiger partial charge on any atom is -0.327 e. The van der Waals surface area contributed by atoms with Gasteiger partial charge in [-0.2, -0.15) is 4.31 Å². The summed E-state index contributed by atoms with van der Waals surface area (Å²) in [4.78, 5) is 10.2. The Hall–Kier alpha value is -1.22. The Morgan fingerprint density at radius 2 is 2.10 bits per heavy atom. The van der Waals surface area contributed by atoms with Crippen molar-refractivity contribution in [2.75, 3.05) is 13.1 Å². The number of rotatable bonds is 3. The van der Waals surface area contributed by atoms with E-state index in [1.807, 2.05) is 0 Å². The van der Waals surface area contributed by atoms with Gasteiger partial charge in [0, 0.05) is 31.3 Å². The number of nitrogens with zero attached hydrogens (tertiary/aromatic N) is 2. The van der Waals surface area contributed by atoms with Crippen LogP contribution in [0.15, 0.2) is 23.1 Å². The van der Waals surface area contributed by atoms with E-state index in [0.717, 1.165) is 12.5 Å². The van der Waals surface area contributed by atoms with Crippen LogP contribution in [-0.2, 0) is 10.0 Å². The molecule has 1 aliphatic rings. The van der Waals surface area contributed by atoms with Crippen molar-refractivity contribution in [1.82, 2.24) is 4.31 Å². The Kier molecular flexibility index (Phi) is 5.68. The first-order valence-corrected chi connectivity index (χ1v) is 7.77. The minimum absolute atomic E-state index is 0. The number of halogens is 1. The first-order valence-electron chi connectivity index (χ1n) is 6.33. The van der Waals surface area contributed by atoms with Gasteiger partial charge in [0.15, 0.2) is 0 Å². The predicted molar refractivity (Wildman–Crippen MR) is 81.0 cm³/mol. The second-order valence-corrected chi connectivity index (χ2v) is 6.88. The van der Waals surface area contributed by atoms with Crippen LogP contribution in [0.1, 0.15) is 18.4 Å². The topological polar surface area (TPSA) is 107 Å². The van der Waals surface area contributed by atoms with E-state index < -0.39 is 14.9 Å². The molecule has 0 aromatic heterocycles. The smallest absolute Gasteiger partial charge is 0.270 e. The van der Waals surface area contributed by atoms with E-state index >= 15 is 0 Å². The summed E-state index contributed by atoms with van der Waals surface area (Å²) >= 11 is 0. The van der Waals surface area contributed by atoms with Crippen LogP contribution in [-0.4, -0.2) is 36.8 Å². The summed E-state index contributed by atoms with van der Waals surface area (Å²) in [6, 6.07) is 3.69. The zero-order chi connectivity index (χ0) is 14.9. The van der Waals surface area contributed by atoms with Crippen molar-refractivity contribution < 1.29 is 13.3 Å². The van der Waals surface area contributed by atoms with Crippen LogP contribution in [0.2, 0.25) is 0 Å². The lowest BCUT2D eigenvalue weighted by Gasteiger charge is -2.30. The monoisotopic (exact) mass is 335 g/mol. The van der Waals surface area contributed by atoms with Crippen LogP contribution >= 0.6 is 12.4 Å². The molecule has 0 aliphatic carbocycles. The van der Waals surface area contributed by atoms with E-state index in [9.17, 15) is 18.5 Å². The van der Waals surface area contributed by atoms with Crippen LogP contribution < -0.4 is 5.73 Å². The van der Waals surface area contributed by atoms with Crippen molar-refractivity contribution in [3.05, 3.63) is 33.9 Å². The molecule has 1 fully saturated rings. The highest BCUT2D eigenvalue weighted by molar-refractivity contribution is 7.89. The van der Waals surface area contributed by atoms with Gasteiger partial charge in [-0.1, -0.05) is 6.07 Å². The fourth-order valence-electron chi connectivity index (χ4n) is 2.31. The second kappa shape index (κ2) is 6.69. The van der Waals surface area contributed by atoms with E-state index in [1.165, 1.54) is 16.4 Å². The third kappa shape index (κ3) is 3.70. The molecule has 118 valence electrons. The van der Waals surface area contributed by atoms with Crippen LogP contribution in [0.25, 0.3) is 0 Å². The molecule has 2 rings (SSSR count). The second-order valence-electron chi connectivity index (χ2n) is 4.97. The molecule has 0 unspecified atom stereocenters. The number of benzene rings is 1. The molecule has 0 radical (unpaired) electrons. The van der Waals surface area contributed by atoms with Gasteiger partial charge in [-0.15, -0.1) is 12.4 Å². The van der Waals surface area contributed by atoms with Gasteiger partial charge in [0.1, 0.15) is 0 Å². The molecule has 9 heteroatoms. The molecule has 1 aliphatic heterocycles. The fraction of sp³-hybridized carbons (Fsp3) is 0.500. The Bertz CT molecular complexity index is 635. The predicted octanol–water partition coefficient (Wildman–Crippen LogP) is 1.44. The van der Waals surface area contributed by atoms with Crippen molar-refractivity contribution in [3.63, 3.8) is 0 Å². The first kappa shape index (κ1) is 17.8. The van der Waals surface area contributed by atoms with Gasteiger partial charge in [0.2, 0.25) is 10.0 Å². The standard InChI is InChI=1S/C12H17N3O4S.ClH/c1-9-4-5-11(15(16)17)7-12(9)20(18,19)14-6-2-3-10(13)8-14;/h4-5,7,10H,2-3,6,8,13H2,1H3;1H/t10-;/m1./s1. The molecular weight excluding hydrogens is 318 g/mol. The van der Waals surface area contributed by atoms with E-state index in [-0.39, 0.29) is 35.6 Å². The maximum Gasteiger partial charge on any atom is 0.270 e. The number of piperidine rings is 1. The molecule has 1 aromatic carbocycles. The lowest BCUT2D eigenvalue weighted by molar-refractivity contribution is -0.385. The summed E-state index contributed by atoms with van der Waals surface area (Å²) < 4.78 is 26.5. The highest BCUT2D eigenvalue weighted by Gasteiger charge is 2.31. The molecule has 2 N–H and O–H groups in total. The van der Waals surface area contributed by atoms with Crippen molar-refractivity contribution in [2.45, 2.75) is 30.7 Å². The summed E-state index contributed by atoms with van der Waals surface area (Å²) in [7, 11) is -3.73. The molecule has 0 bridgehead atoms. The molecule has 1 atom stereocenters. The summed E-state index contributed by atoms with van der Waals surface area (Å²) in [5.41, 5.74) is 6.07. The summed E-state index contributed by atoms with van der Waals surface area (Å²) in [6.07, 6.45) is 1.49.